The molecule has 0 unspecified atom stereocenters. The SMILES string of the molecule is CC(C)Cc1cccc(NC(=O)C2CCC2)c1. The maximum atomic E-state index is 11.8. The van der Waals surface area contributed by atoms with Crippen LogP contribution in [0.1, 0.15) is 38.7 Å². The summed E-state index contributed by atoms with van der Waals surface area (Å²) in [5, 5.41) is 3.02. The highest BCUT2D eigenvalue weighted by Gasteiger charge is 2.25. The Hall–Kier alpha value is -1.31. The normalized spacial score (nSPS) is 15.7. The van der Waals surface area contributed by atoms with Crippen molar-refractivity contribution in [1.82, 2.24) is 0 Å². The molecule has 1 saturated carbocycles. The van der Waals surface area contributed by atoms with Crippen molar-refractivity contribution >= 4 is 11.6 Å². The Morgan fingerprint density at radius 3 is 2.76 bits per heavy atom. The molecule has 0 saturated heterocycles. The van der Waals surface area contributed by atoms with Crippen LogP contribution in [0.25, 0.3) is 0 Å². The lowest BCUT2D eigenvalue weighted by atomic mass is 9.85. The first-order valence-electron chi connectivity index (χ1n) is 6.55. The average Bonchev–Trinajstić information content (AvgIpc) is 2.13. The summed E-state index contributed by atoms with van der Waals surface area (Å²) in [6.45, 7) is 4.42. The third-order valence-corrected chi connectivity index (χ3v) is 3.31. The fraction of sp³-hybridized carbons (Fsp3) is 0.533. The van der Waals surface area contributed by atoms with Crippen molar-refractivity contribution in [2.24, 2.45) is 11.8 Å². The van der Waals surface area contributed by atoms with Gasteiger partial charge in [-0.3, -0.25) is 4.79 Å². The first-order valence-corrected chi connectivity index (χ1v) is 6.55. The molecule has 0 atom stereocenters. The van der Waals surface area contributed by atoms with E-state index in [-0.39, 0.29) is 11.8 Å². The summed E-state index contributed by atoms with van der Waals surface area (Å²) in [6.07, 6.45) is 4.37. The van der Waals surface area contributed by atoms with Crippen molar-refractivity contribution in [3.8, 4) is 0 Å². The summed E-state index contributed by atoms with van der Waals surface area (Å²) >= 11 is 0. The Bertz CT molecular complexity index is 394. The second-order valence-electron chi connectivity index (χ2n) is 5.42. The molecule has 1 amide bonds. The number of carbonyl (C=O) groups excluding carboxylic acids is 1. The lowest BCUT2D eigenvalue weighted by Gasteiger charge is -2.24. The van der Waals surface area contributed by atoms with E-state index in [9.17, 15) is 4.79 Å². The zero-order valence-electron chi connectivity index (χ0n) is 10.7. The molecule has 1 fully saturated rings. The quantitative estimate of drug-likeness (QED) is 0.842. The van der Waals surface area contributed by atoms with E-state index >= 15 is 0 Å². The second-order valence-corrected chi connectivity index (χ2v) is 5.42. The highest BCUT2D eigenvalue weighted by Crippen LogP contribution is 2.27. The van der Waals surface area contributed by atoms with E-state index in [2.05, 4.69) is 31.3 Å². The third kappa shape index (κ3) is 3.32. The zero-order chi connectivity index (χ0) is 12.3. The smallest absolute Gasteiger partial charge is 0.227 e. The fourth-order valence-corrected chi connectivity index (χ4v) is 2.16. The van der Waals surface area contributed by atoms with E-state index in [1.54, 1.807) is 0 Å². The number of anilines is 1. The van der Waals surface area contributed by atoms with Crippen LogP contribution in [-0.2, 0) is 11.2 Å². The van der Waals surface area contributed by atoms with Crippen LogP contribution in [0.2, 0.25) is 0 Å². The Kier molecular flexibility index (Phi) is 3.82. The molecule has 1 aliphatic carbocycles. The predicted octanol–water partition coefficient (Wildman–Crippen LogP) is 3.62. The van der Waals surface area contributed by atoms with Gasteiger partial charge in [-0.1, -0.05) is 32.4 Å². The van der Waals surface area contributed by atoms with Crippen LogP contribution in [0.3, 0.4) is 0 Å². The van der Waals surface area contributed by atoms with Gasteiger partial charge in [0.05, 0.1) is 0 Å². The summed E-state index contributed by atoms with van der Waals surface area (Å²) in [4.78, 5) is 11.8. The highest BCUT2D eigenvalue weighted by atomic mass is 16.1. The van der Waals surface area contributed by atoms with Gasteiger partial charge in [-0.2, -0.15) is 0 Å². The topological polar surface area (TPSA) is 29.1 Å². The van der Waals surface area contributed by atoms with Crippen LogP contribution in [0.15, 0.2) is 24.3 Å². The van der Waals surface area contributed by atoms with Gasteiger partial charge < -0.3 is 5.32 Å². The van der Waals surface area contributed by atoms with Crippen molar-refractivity contribution < 1.29 is 4.79 Å². The first-order chi connectivity index (χ1) is 8.15. The molecule has 1 aliphatic rings. The largest absolute Gasteiger partial charge is 0.326 e. The predicted molar refractivity (Wildman–Crippen MR) is 71.0 cm³/mol. The summed E-state index contributed by atoms with van der Waals surface area (Å²) in [7, 11) is 0. The van der Waals surface area contributed by atoms with Crippen molar-refractivity contribution in [2.45, 2.75) is 39.5 Å². The molecular formula is C15H21NO. The van der Waals surface area contributed by atoms with Crippen LogP contribution in [-0.4, -0.2) is 5.91 Å². The number of benzene rings is 1. The van der Waals surface area contributed by atoms with Crippen molar-refractivity contribution in [3.05, 3.63) is 29.8 Å². The minimum absolute atomic E-state index is 0.193. The molecule has 2 heteroatoms. The van der Waals surface area contributed by atoms with Gasteiger partial charge in [-0.15, -0.1) is 0 Å². The van der Waals surface area contributed by atoms with E-state index in [1.165, 1.54) is 12.0 Å². The maximum Gasteiger partial charge on any atom is 0.227 e. The highest BCUT2D eigenvalue weighted by molar-refractivity contribution is 5.93. The molecule has 92 valence electrons. The van der Waals surface area contributed by atoms with E-state index in [0.717, 1.165) is 24.9 Å². The van der Waals surface area contributed by atoms with Gasteiger partial charge in [-0.05, 0) is 42.9 Å². The monoisotopic (exact) mass is 231 g/mol. The van der Waals surface area contributed by atoms with Crippen LogP contribution >= 0.6 is 0 Å². The van der Waals surface area contributed by atoms with Gasteiger partial charge in [0.15, 0.2) is 0 Å². The number of hydrogen-bond acceptors (Lipinski definition) is 1. The number of hydrogen-bond donors (Lipinski definition) is 1. The molecule has 1 aromatic carbocycles. The van der Waals surface area contributed by atoms with E-state index in [4.69, 9.17) is 0 Å². The average molecular weight is 231 g/mol. The van der Waals surface area contributed by atoms with E-state index in [1.807, 2.05) is 12.1 Å². The minimum Gasteiger partial charge on any atom is -0.326 e. The minimum atomic E-state index is 0.193. The maximum absolute atomic E-state index is 11.8. The summed E-state index contributed by atoms with van der Waals surface area (Å²) in [5.74, 6) is 1.09. The van der Waals surface area contributed by atoms with Gasteiger partial charge in [-0.25, -0.2) is 0 Å². The molecular weight excluding hydrogens is 210 g/mol. The van der Waals surface area contributed by atoms with Gasteiger partial charge in [0, 0.05) is 11.6 Å². The zero-order valence-corrected chi connectivity index (χ0v) is 10.7. The molecule has 2 nitrogen and oxygen atoms in total. The second kappa shape index (κ2) is 5.35. The Balaban J connectivity index is 1.97. The first kappa shape index (κ1) is 12.2. The van der Waals surface area contributed by atoms with Gasteiger partial charge in [0.1, 0.15) is 0 Å². The molecule has 0 radical (unpaired) electrons. The molecule has 17 heavy (non-hydrogen) atoms. The Morgan fingerprint density at radius 2 is 2.18 bits per heavy atom. The summed E-state index contributed by atoms with van der Waals surface area (Å²) < 4.78 is 0. The van der Waals surface area contributed by atoms with E-state index in [0.29, 0.717) is 5.92 Å². The van der Waals surface area contributed by atoms with Crippen LogP contribution < -0.4 is 5.32 Å². The van der Waals surface area contributed by atoms with Crippen molar-refractivity contribution in [1.29, 1.82) is 0 Å². The summed E-state index contributed by atoms with van der Waals surface area (Å²) in [6, 6.07) is 8.21. The van der Waals surface area contributed by atoms with Crippen LogP contribution in [0, 0.1) is 11.8 Å². The third-order valence-electron chi connectivity index (χ3n) is 3.31. The molecule has 0 aromatic heterocycles. The number of amides is 1. The number of rotatable bonds is 4. The van der Waals surface area contributed by atoms with Gasteiger partial charge in [0.2, 0.25) is 5.91 Å². The van der Waals surface area contributed by atoms with Gasteiger partial charge >= 0.3 is 0 Å². The number of nitrogens with one attached hydrogen (secondary N) is 1. The lowest BCUT2D eigenvalue weighted by Crippen LogP contribution is -2.28. The van der Waals surface area contributed by atoms with Gasteiger partial charge in [0.25, 0.3) is 0 Å². The molecule has 0 heterocycles. The Morgan fingerprint density at radius 1 is 1.41 bits per heavy atom. The molecule has 0 aliphatic heterocycles. The summed E-state index contributed by atoms with van der Waals surface area (Å²) in [5.41, 5.74) is 2.24. The molecule has 1 aromatic rings. The van der Waals surface area contributed by atoms with Crippen molar-refractivity contribution in [3.63, 3.8) is 0 Å². The standard InChI is InChI=1S/C15H21NO/c1-11(2)9-12-5-3-8-14(10-12)16-15(17)13-6-4-7-13/h3,5,8,10-11,13H,4,6-7,9H2,1-2H3,(H,16,17). The lowest BCUT2D eigenvalue weighted by molar-refractivity contribution is -0.122. The molecule has 1 N–H and O–H groups in total. The molecule has 0 spiro atoms. The fourth-order valence-electron chi connectivity index (χ4n) is 2.16. The molecule has 0 bridgehead atoms. The van der Waals surface area contributed by atoms with Crippen molar-refractivity contribution in [2.75, 3.05) is 5.32 Å². The molecule has 2 rings (SSSR count). The van der Waals surface area contributed by atoms with Crippen LogP contribution in [0.5, 0.6) is 0 Å². The van der Waals surface area contributed by atoms with Crippen LogP contribution in [0.4, 0.5) is 5.69 Å². The number of carbonyl (C=O) groups is 1. The Labute approximate surface area is 103 Å². The van der Waals surface area contributed by atoms with E-state index < -0.39 is 0 Å².